The summed E-state index contributed by atoms with van der Waals surface area (Å²) in [6.07, 6.45) is 3.76. The number of hydrogen-bond donors (Lipinski definition) is 3. The van der Waals surface area contributed by atoms with Gasteiger partial charge in [-0.25, -0.2) is 19.6 Å². The Kier molecular flexibility index (Phi) is 7.89. The number of nitrogens with one attached hydrogen (secondary N) is 2. The summed E-state index contributed by atoms with van der Waals surface area (Å²) in [5.74, 6) is 2.76. The highest BCUT2D eigenvalue weighted by molar-refractivity contribution is 5.83. The third kappa shape index (κ3) is 5.78. The van der Waals surface area contributed by atoms with Crippen LogP contribution in [0.1, 0.15) is 81.1 Å². The predicted octanol–water partition coefficient (Wildman–Crippen LogP) is 7.13. The molecule has 12 heteroatoms. The molecule has 0 spiro atoms. The summed E-state index contributed by atoms with van der Waals surface area (Å²) in [4.78, 5) is 45.1. The van der Waals surface area contributed by atoms with Crippen LogP contribution in [0.2, 0.25) is 0 Å². The fourth-order valence-electron chi connectivity index (χ4n) is 8.16. The second-order valence-electron chi connectivity index (χ2n) is 15.3. The third-order valence-corrected chi connectivity index (χ3v) is 10.4. The van der Waals surface area contributed by atoms with E-state index in [4.69, 9.17) is 24.2 Å². The van der Waals surface area contributed by atoms with Gasteiger partial charge in [0.05, 0.1) is 36.3 Å². The molecule has 2 aromatic heterocycles. The molecule has 4 aromatic rings. The minimum absolute atomic E-state index is 0.192. The average molecular weight is 681 g/mol. The van der Waals surface area contributed by atoms with E-state index in [-0.39, 0.29) is 30.0 Å². The topological polar surface area (TPSA) is 146 Å². The Bertz CT molecular complexity index is 1980. The van der Waals surface area contributed by atoms with E-state index in [0.717, 1.165) is 88.0 Å². The standard InChI is InChI=1S/C38H44N6O6/c1-20-10-30(43(16-20)36(45)46)35-40-28-9-7-22-13-27-25-8-6-23(12-24(25)19-49-32(27)14-26(22)33(28)42-35)29-15-39-34(41-29)31-11-21(18-48-5)17-44(31)37(47)50-38(2,3)4/h6,8,12-15,20-21,30-31H,7,9-11,16-19H2,1-5H3,(H,39,41)(H,40,42)(H,45,46)/t20?,21?,30-,31?/m0/s1. The number of carbonyl (C=O) groups is 2. The molecular formula is C38H44N6O6. The summed E-state index contributed by atoms with van der Waals surface area (Å²) in [6.45, 7) is 9.77. The minimum Gasteiger partial charge on any atom is -0.488 e. The predicted molar refractivity (Wildman–Crippen MR) is 186 cm³/mol. The third-order valence-electron chi connectivity index (χ3n) is 10.4. The normalized spacial score (nSPS) is 22.4. The monoisotopic (exact) mass is 680 g/mol. The summed E-state index contributed by atoms with van der Waals surface area (Å²) in [5, 5.41) is 9.79. The molecule has 3 unspecified atom stereocenters. The molecule has 50 heavy (non-hydrogen) atoms. The van der Waals surface area contributed by atoms with Crippen molar-refractivity contribution in [2.45, 2.75) is 77.7 Å². The van der Waals surface area contributed by atoms with Gasteiger partial charge in [-0.2, -0.15) is 0 Å². The molecule has 0 saturated carbocycles. The van der Waals surface area contributed by atoms with Crippen LogP contribution in [0, 0.1) is 11.8 Å². The number of H-pyrrole nitrogens is 2. The number of aryl methyl sites for hydroxylation is 2. The van der Waals surface area contributed by atoms with Crippen molar-refractivity contribution in [3.8, 4) is 39.4 Å². The molecule has 3 N–H and O–H groups in total. The Hall–Kier alpha value is -4.84. The molecule has 5 heterocycles. The molecule has 1 aliphatic carbocycles. The van der Waals surface area contributed by atoms with Crippen LogP contribution in [0.4, 0.5) is 9.59 Å². The summed E-state index contributed by atoms with van der Waals surface area (Å²) in [6, 6.07) is 10.3. The molecule has 4 atom stereocenters. The van der Waals surface area contributed by atoms with Crippen molar-refractivity contribution in [1.29, 1.82) is 0 Å². The van der Waals surface area contributed by atoms with Gasteiger partial charge in [0.1, 0.15) is 29.6 Å². The maximum absolute atomic E-state index is 13.2. The molecule has 2 fully saturated rings. The highest BCUT2D eigenvalue weighted by Gasteiger charge is 2.40. The van der Waals surface area contributed by atoms with Crippen LogP contribution in [0.3, 0.4) is 0 Å². The van der Waals surface area contributed by atoms with E-state index in [2.05, 4.69) is 47.2 Å². The molecule has 8 rings (SSSR count). The molecular weight excluding hydrogens is 636 g/mol. The number of methoxy groups -OCH3 is 1. The van der Waals surface area contributed by atoms with Crippen LogP contribution in [0.5, 0.6) is 5.75 Å². The van der Waals surface area contributed by atoms with Crippen molar-refractivity contribution in [2.24, 2.45) is 11.8 Å². The van der Waals surface area contributed by atoms with Crippen molar-refractivity contribution in [3.05, 3.63) is 65.0 Å². The number of benzene rings is 2. The van der Waals surface area contributed by atoms with Crippen molar-refractivity contribution in [1.82, 2.24) is 29.7 Å². The summed E-state index contributed by atoms with van der Waals surface area (Å²) >= 11 is 0. The van der Waals surface area contributed by atoms with E-state index >= 15 is 0 Å². The summed E-state index contributed by atoms with van der Waals surface area (Å²) < 4.78 is 17.5. The Morgan fingerprint density at radius 1 is 0.980 bits per heavy atom. The summed E-state index contributed by atoms with van der Waals surface area (Å²) in [5.41, 5.74) is 8.77. The van der Waals surface area contributed by atoms with E-state index in [1.54, 1.807) is 12.0 Å². The van der Waals surface area contributed by atoms with Gasteiger partial charge >= 0.3 is 12.2 Å². The molecule has 4 aliphatic rings. The Morgan fingerprint density at radius 3 is 2.58 bits per heavy atom. The van der Waals surface area contributed by atoms with Crippen molar-refractivity contribution in [2.75, 3.05) is 26.8 Å². The van der Waals surface area contributed by atoms with Gasteiger partial charge in [0.25, 0.3) is 0 Å². The fourth-order valence-corrected chi connectivity index (χ4v) is 8.16. The zero-order valence-electron chi connectivity index (χ0n) is 29.2. The Balaban J connectivity index is 1.05. The zero-order chi connectivity index (χ0) is 34.9. The van der Waals surface area contributed by atoms with Gasteiger partial charge in [-0.3, -0.25) is 9.80 Å². The molecule has 3 aliphatic heterocycles. The smallest absolute Gasteiger partial charge is 0.410 e. The largest absolute Gasteiger partial charge is 0.488 e. The quantitative estimate of drug-likeness (QED) is 0.202. The first-order valence-corrected chi connectivity index (χ1v) is 17.5. The van der Waals surface area contributed by atoms with Crippen LogP contribution in [-0.2, 0) is 28.9 Å². The number of rotatable bonds is 5. The van der Waals surface area contributed by atoms with Gasteiger partial charge in [0, 0.05) is 42.9 Å². The Labute approximate surface area is 291 Å². The maximum Gasteiger partial charge on any atom is 0.410 e. The first kappa shape index (κ1) is 32.4. The van der Waals surface area contributed by atoms with Gasteiger partial charge in [-0.05, 0) is 92.8 Å². The van der Waals surface area contributed by atoms with E-state index in [1.165, 1.54) is 10.5 Å². The van der Waals surface area contributed by atoms with Crippen LogP contribution in [0.25, 0.3) is 33.6 Å². The van der Waals surface area contributed by atoms with E-state index in [9.17, 15) is 14.7 Å². The first-order chi connectivity index (χ1) is 24.0. The van der Waals surface area contributed by atoms with Crippen molar-refractivity contribution in [3.63, 3.8) is 0 Å². The molecule has 12 nitrogen and oxygen atoms in total. The van der Waals surface area contributed by atoms with Gasteiger partial charge in [-0.1, -0.05) is 19.1 Å². The maximum atomic E-state index is 13.2. The lowest BCUT2D eigenvalue weighted by Gasteiger charge is -2.27. The molecule has 2 aromatic carbocycles. The van der Waals surface area contributed by atoms with Crippen LogP contribution in [-0.4, -0.2) is 79.4 Å². The van der Waals surface area contributed by atoms with Gasteiger partial charge in [-0.15, -0.1) is 0 Å². The lowest BCUT2D eigenvalue weighted by molar-refractivity contribution is 0.0208. The number of carbonyl (C=O) groups excluding carboxylic acids is 1. The first-order valence-electron chi connectivity index (χ1n) is 17.5. The van der Waals surface area contributed by atoms with Crippen LogP contribution in [0.15, 0.2) is 36.5 Å². The minimum atomic E-state index is -0.902. The number of aromatic nitrogens is 4. The number of nitrogens with zero attached hydrogens (tertiary/aromatic N) is 4. The lowest BCUT2D eigenvalue weighted by Crippen LogP contribution is -2.37. The molecule has 2 amide bonds. The molecule has 2 saturated heterocycles. The summed E-state index contributed by atoms with van der Waals surface area (Å²) in [7, 11) is 1.68. The highest BCUT2D eigenvalue weighted by Crippen LogP contribution is 2.46. The second-order valence-corrected chi connectivity index (χ2v) is 15.3. The molecule has 0 radical (unpaired) electrons. The number of likely N-dealkylation sites (tertiary alicyclic amines) is 2. The number of imidazole rings is 2. The van der Waals surface area contributed by atoms with Crippen molar-refractivity contribution < 1.29 is 28.9 Å². The van der Waals surface area contributed by atoms with Crippen LogP contribution < -0.4 is 4.74 Å². The van der Waals surface area contributed by atoms with Gasteiger partial charge in [0.2, 0.25) is 0 Å². The fraction of sp³-hybridized carbons (Fsp3) is 0.474. The van der Waals surface area contributed by atoms with E-state index < -0.39 is 11.7 Å². The number of hydrogen-bond acceptors (Lipinski definition) is 7. The Morgan fingerprint density at radius 2 is 1.80 bits per heavy atom. The van der Waals surface area contributed by atoms with Gasteiger partial charge in [0.15, 0.2) is 0 Å². The van der Waals surface area contributed by atoms with Crippen molar-refractivity contribution >= 4 is 12.2 Å². The SMILES string of the molecule is COCC1CC(c2ncc(-c3ccc4c(c3)COc3cc5c(cc3-4)CCc3[nH]c([C@@H]4CC(C)CN4C(=O)O)nc3-5)[nH]2)N(C(=O)OC(C)(C)C)C1. The number of ether oxygens (including phenoxy) is 3. The highest BCUT2D eigenvalue weighted by atomic mass is 16.6. The number of carboxylic acid groups (broad SMARTS) is 1. The number of fused-ring (bicyclic) bond motifs is 6. The zero-order valence-corrected chi connectivity index (χ0v) is 29.2. The number of amides is 2. The average Bonchev–Trinajstić information content (AvgIpc) is 3.88. The van der Waals surface area contributed by atoms with Crippen LogP contribution >= 0.6 is 0 Å². The van der Waals surface area contributed by atoms with Gasteiger partial charge < -0.3 is 29.3 Å². The molecule has 0 bridgehead atoms. The second kappa shape index (κ2) is 12.2. The van der Waals surface area contributed by atoms with E-state index in [0.29, 0.717) is 26.3 Å². The van der Waals surface area contributed by atoms with E-state index in [1.807, 2.05) is 27.0 Å². The molecule has 262 valence electrons. The lowest BCUT2D eigenvalue weighted by atomic mass is 9.86. The number of aromatic amines is 2.